The molecule has 2 fully saturated rings. The molecule has 43 heavy (non-hydrogen) atoms. The van der Waals surface area contributed by atoms with Gasteiger partial charge in [-0.3, -0.25) is 38.7 Å². The molecule has 2 unspecified atom stereocenters. The highest BCUT2D eigenvalue weighted by atomic mass is 16.6. The van der Waals surface area contributed by atoms with Crippen LogP contribution in [0.1, 0.15) is 11.1 Å². The zero-order valence-corrected chi connectivity index (χ0v) is 23.7. The van der Waals surface area contributed by atoms with E-state index in [9.17, 15) is 29.1 Å². The van der Waals surface area contributed by atoms with Crippen LogP contribution in [-0.4, -0.2) is 121 Å². The van der Waals surface area contributed by atoms with E-state index in [1.54, 1.807) is 14.7 Å². The van der Waals surface area contributed by atoms with E-state index in [2.05, 4.69) is 9.47 Å². The molecule has 2 aliphatic heterocycles. The zero-order valence-electron chi connectivity index (χ0n) is 23.7. The number of esters is 4. The Morgan fingerprint density at radius 2 is 1.07 bits per heavy atom. The molecule has 2 aliphatic rings. The molecule has 2 aromatic carbocycles. The number of hydrogen-bond donors (Lipinski definition) is 1. The fourth-order valence-electron chi connectivity index (χ4n) is 4.99. The molecule has 13 nitrogen and oxygen atoms in total. The van der Waals surface area contributed by atoms with Gasteiger partial charge in [-0.2, -0.15) is 0 Å². The molecule has 1 N–H and O–H groups in total. The number of cyclic esters (lactones) is 4. The average molecular weight is 598 g/mol. The Labute approximate surface area is 248 Å². The summed E-state index contributed by atoms with van der Waals surface area (Å²) in [5.41, 5.74) is 1.85. The zero-order chi connectivity index (χ0) is 30.6. The van der Waals surface area contributed by atoms with Crippen molar-refractivity contribution in [1.29, 1.82) is 0 Å². The first kappa shape index (κ1) is 31.9. The summed E-state index contributed by atoms with van der Waals surface area (Å²) in [5, 5.41) is 9.76. The van der Waals surface area contributed by atoms with E-state index in [4.69, 9.17) is 9.47 Å². The molecule has 2 saturated heterocycles. The Balaban J connectivity index is 1.50. The van der Waals surface area contributed by atoms with E-state index in [-0.39, 0.29) is 72.2 Å². The van der Waals surface area contributed by atoms with E-state index in [0.717, 1.165) is 11.1 Å². The van der Waals surface area contributed by atoms with Gasteiger partial charge in [0.15, 0.2) is 0 Å². The Morgan fingerprint density at radius 1 is 0.698 bits per heavy atom. The Morgan fingerprint density at radius 3 is 1.42 bits per heavy atom. The maximum atomic E-state index is 12.1. The van der Waals surface area contributed by atoms with Gasteiger partial charge in [0, 0.05) is 25.2 Å². The van der Waals surface area contributed by atoms with Gasteiger partial charge in [-0.1, -0.05) is 60.7 Å². The Kier molecular flexibility index (Phi) is 11.9. The molecule has 2 atom stereocenters. The number of aliphatic carboxylic acids is 1. The van der Waals surface area contributed by atoms with Crippen molar-refractivity contribution in [1.82, 2.24) is 14.7 Å². The Hall–Kier alpha value is -4.01. The summed E-state index contributed by atoms with van der Waals surface area (Å²) in [4.78, 5) is 65.2. The molecule has 0 bridgehead atoms. The van der Waals surface area contributed by atoms with Crippen molar-refractivity contribution in [3.8, 4) is 0 Å². The topological polar surface area (TPSA) is 152 Å². The number of carboxylic acid groups (broad SMARTS) is 1. The minimum atomic E-state index is -1.10. The van der Waals surface area contributed by atoms with Crippen LogP contribution in [0.3, 0.4) is 0 Å². The molecule has 0 spiro atoms. The summed E-state index contributed by atoms with van der Waals surface area (Å²) in [7, 11) is 0. The van der Waals surface area contributed by atoms with Crippen molar-refractivity contribution in [2.45, 2.75) is 25.3 Å². The number of hydrogen-bond acceptors (Lipinski definition) is 12. The smallest absolute Gasteiger partial charge is 0.327 e. The molecular formula is C30H35N3O10. The third-order valence-electron chi connectivity index (χ3n) is 6.96. The SMILES string of the molecule is O=C(O)CN(CC(COCc1ccccc1)N1CC(=O)OC(=O)C1)CC(COCc1ccccc1)N1CC(=O)OC(=O)C1. The standard InChI is InChI=1S/C30H35N3O10/c34-26(35)13-31(11-24(32-14-27(36)42-28(37)15-32)20-40-18-22-7-3-1-4-8-22)12-25(33-16-29(38)43-30(39)17-33)21-41-19-23-9-5-2-6-10-23/h1-10,24-25H,11-21H2,(H,34,35). The molecule has 0 saturated carbocycles. The third-order valence-corrected chi connectivity index (χ3v) is 6.96. The fraction of sp³-hybridized carbons (Fsp3) is 0.433. The van der Waals surface area contributed by atoms with E-state index in [0.29, 0.717) is 0 Å². The summed E-state index contributed by atoms with van der Waals surface area (Å²) in [6, 6.07) is 17.8. The molecule has 0 amide bonds. The predicted octanol–water partition coefficient (Wildman–Crippen LogP) is 0.315. The van der Waals surface area contributed by atoms with Crippen LogP contribution in [0.5, 0.6) is 0 Å². The van der Waals surface area contributed by atoms with Gasteiger partial charge in [0.25, 0.3) is 0 Å². The van der Waals surface area contributed by atoms with Gasteiger partial charge >= 0.3 is 29.8 Å². The quantitative estimate of drug-likeness (QED) is 0.209. The molecule has 230 valence electrons. The second kappa shape index (κ2) is 16.0. The van der Waals surface area contributed by atoms with Crippen LogP contribution in [0.4, 0.5) is 0 Å². The highest BCUT2D eigenvalue weighted by molar-refractivity contribution is 5.90. The number of carbonyl (C=O) groups is 5. The molecule has 0 radical (unpaired) electrons. The molecule has 0 aliphatic carbocycles. The number of morpholine rings is 2. The molecule has 13 heteroatoms. The van der Waals surface area contributed by atoms with Crippen LogP contribution in [0.2, 0.25) is 0 Å². The maximum absolute atomic E-state index is 12.1. The first-order valence-electron chi connectivity index (χ1n) is 13.9. The summed E-state index contributed by atoms with van der Waals surface area (Å²) in [6.07, 6.45) is 0. The molecule has 2 aromatic rings. The number of benzene rings is 2. The monoisotopic (exact) mass is 597 g/mol. The highest BCUT2D eigenvalue weighted by Crippen LogP contribution is 2.14. The van der Waals surface area contributed by atoms with Crippen molar-refractivity contribution in [3.63, 3.8) is 0 Å². The van der Waals surface area contributed by atoms with Crippen molar-refractivity contribution in [3.05, 3.63) is 71.8 Å². The number of rotatable bonds is 16. The number of carboxylic acids is 1. The lowest BCUT2D eigenvalue weighted by molar-refractivity contribution is -0.170. The lowest BCUT2D eigenvalue weighted by Crippen LogP contribution is -2.57. The van der Waals surface area contributed by atoms with Gasteiger partial charge in [-0.15, -0.1) is 0 Å². The van der Waals surface area contributed by atoms with Crippen molar-refractivity contribution in [2.24, 2.45) is 0 Å². The van der Waals surface area contributed by atoms with Crippen LogP contribution >= 0.6 is 0 Å². The van der Waals surface area contributed by atoms with Gasteiger partial charge in [-0.05, 0) is 11.1 Å². The van der Waals surface area contributed by atoms with Crippen LogP contribution in [0, 0.1) is 0 Å². The predicted molar refractivity (Wildman–Crippen MR) is 149 cm³/mol. The molecule has 0 aromatic heterocycles. The Bertz CT molecular complexity index is 1140. The number of ether oxygens (including phenoxy) is 4. The first-order valence-corrected chi connectivity index (χ1v) is 13.9. The summed E-state index contributed by atoms with van der Waals surface area (Å²) >= 11 is 0. The minimum absolute atomic E-state index is 0.0925. The summed E-state index contributed by atoms with van der Waals surface area (Å²) in [6.45, 7) is -0.110. The van der Waals surface area contributed by atoms with Crippen molar-refractivity contribution >= 4 is 29.8 Å². The van der Waals surface area contributed by atoms with Gasteiger partial charge < -0.3 is 24.1 Å². The van der Waals surface area contributed by atoms with Crippen LogP contribution in [0.25, 0.3) is 0 Å². The van der Waals surface area contributed by atoms with Crippen LogP contribution < -0.4 is 0 Å². The number of carbonyl (C=O) groups excluding carboxylic acids is 4. The van der Waals surface area contributed by atoms with Crippen LogP contribution in [0.15, 0.2) is 60.7 Å². The first-order chi connectivity index (χ1) is 20.7. The normalized spacial score (nSPS) is 17.9. The molecule has 4 rings (SSSR count). The summed E-state index contributed by atoms with van der Waals surface area (Å²) < 4.78 is 21.3. The van der Waals surface area contributed by atoms with E-state index in [1.807, 2.05) is 60.7 Å². The third kappa shape index (κ3) is 10.6. The second-order valence-corrected chi connectivity index (χ2v) is 10.4. The van der Waals surface area contributed by atoms with Gasteiger partial charge in [-0.25, -0.2) is 0 Å². The van der Waals surface area contributed by atoms with Crippen LogP contribution in [-0.2, 0) is 56.1 Å². The average Bonchev–Trinajstić information content (AvgIpc) is 2.96. The van der Waals surface area contributed by atoms with E-state index in [1.165, 1.54) is 0 Å². The summed E-state index contributed by atoms with van der Waals surface area (Å²) in [5.74, 6) is -3.91. The largest absolute Gasteiger partial charge is 0.480 e. The molecular weight excluding hydrogens is 562 g/mol. The minimum Gasteiger partial charge on any atom is -0.480 e. The maximum Gasteiger partial charge on any atom is 0.327 e. The second-order valence-electron chi connectivity index (χ2n) is 10.4. The van der Waals surface area contributed by atoms with Crippen molar-refractivity contribution in [2.75, 3.05) is 59.0 Å². The lowest BCUT2D eigenvalue weighted by Gasteiger charge is -2.39. The lowest BCUT2D eigenvalue weighted by atomic mass is 10.1. The van der Waals surface area contributed by atoms with Gasteiger partial charge in [0.05, 0.1) is 59.2 Å². The molecule has 2 heterocycles. The number of nitrogens with zero attached hydrogens (tertiary/aromatic N) is 3. The van der Waals surface area contributed by atoms with Gasteiger partial charge in [0.2, 0.25) is 0 Å². The van der Waals surface area contributed by atoms with E-state index >= 15 is 0 Å². The highest BCUT2D eigenvalue weighted by Gasteiger charge is 2.35. The van der Waals surface area contributed by atoms with Crippen molar-refractivity contribution < 1.29 is 48.0 Å². The van der Waals surface area contributed by atoms with E-state index < -0.39 is 41.9 Å². The fourth-order valence-corrected chi connectivity index (χ4v) is 4.99. The van der Waals surface area contributed by atoms with Gasteiger partial charge in [0.1, 0.15) is 0 Å².